The lowest BCUT2D eigenvalue weighted by Gasteiger charge is -2.24. The SMILES string of the molecule is CC.CCCCCCCCc1ccc(CON2CCC(=O)OC2)cc1. The van der Waals surface area contributed by atoms with E-state index in [1.807, 2.05) is 13.8 Å². The van der Waals surface area contributed by atoms with E-state index < -0.39 is 0 Å². The Labute approximate surface area is 153 Å². The molecule has 0 aromatic heterocycles. The number of aryl methyl sites for hydroxylation is 1. The zero-order chi connectivity index (χ0) is 18.3. The molecule has 1 aromatic carbocycles. The summed E-state index contributed by atoms with van der Waals surface area (Å²) in [6.07, 6.45) is 9.58. The van der Waals surface area contributed by atoms with Crippen LogP contribution in [-0.2, 0) is 27.4 Å². The number of hydrogen-bond donors (Lipinski definition) is 0. The van der Waals surface area contributed by atoms with Crippen LogP contribution in [0.25, 0.3) is 0 Å². The summed E-state index contributed by atoms with van der Waals surface area (Å²) in [7, 11) is 0. The highest BCUT2D eigenvalue weighted by molar-refractivity contribution is 5.69. The summed E-state index contributed by atoms with van der Waals surface area (Å²) in [5.74, 6) is -0.149. The lowest BCUT2D eigenvalue weighted by molar-refractivity contribution is -0.233. The van der Waals surface area contributed by atoms with Crippen molar-refractivity contribution in [1.29, 1.82) is 0 Å². The van der Waals surface area contributed by atoms with Crippen molar-refractivity contribution in [2.75, 3.05) is 13.3 Å². The van der Waals surface area contributed by atoms with Crippen molar-refractivity contribution < 1.29 is 14.4 Å². The number of carbonyl (C=O) groups excluding carboxylic acids is 1. The van der Waals surface area contributed by atoms with E-state index in [0.717, 1.165) is 12.0 Å². The zero-order valence-electron chi connectivity index (χ0n) is 16.3. The standard InChI is InChI=1S/C19H29NO3.C2H6/c1-2-3-4-5-6-7-8-17-9-11-18(12-10-17)15-23-20-14-13-19(21)22-16-20;1-2/h9-12H,2-8,13-16H2,1H3;1-2H3. The number of ether oxygens (including phenoxy) is 1. The average Bonchev–Trinajstić information content (AvgIpc) is 2.67. The molecule has 0 unspecified atom stereocenters. The Kier molecular flexibility index (Phi) is 12.0. The van der Waals surface area contributed by atoms with Gasteiger partial charge in [-0.15, -0.1) is 0 Å². The smallest absolute Gasteiger partial charge is 0.308 e. The number of hydroxylamine groups is 2. The zero-order valence-corrected chi connectivity index (χ0v) is 16.3. The first-order valence-corrected chi connectivity index (χ1v) is 9.89. The Hall–Kier alpha value is -1.39. The Balaban J connectivity index is 0.00000151. The summed E-state index contributed by atoms with van der Waals surface area (Å²) in [5.41, 5.74) is 2.55. The Bertz CT molecular complexity index is 449. The minimum Gasteiger partial charge on any atom is -0.447 e. The second-order valence-electron chi connectivity index (χ2n) is 6.21. The first-order valence-electron chi connectivity index (χ1n) is 9.89. The fourth-order valence-electron chi connectivity index (χ4n) is 2.68. The number of esters is 1. The van der Waals surface area contributed by atoms with E-state index in [1.54, 1.807) is 5.06 Å². The van der Waals surface area contributed by atoms with Gasteiger partial charge in [0.15, 0.2) is 6.73 Å². The van der Waals surface area contributed by atoms with Crippen molar-refractivity contribution in [1.82, 2.24) is 5.06 Å². The summed E-state index contributed by atoms with van der Waals surface area (Å²) in [4.78, 5) is 16.6. The molecule has 0 N–H and O–H groups in total. The number of cyclic esters (lactones) is 1. The van der Waals surface area contributed by atoms with Crippen molar-refractivity contribution in [2.45, 2.75) is 78.7 Å². The van der Waals surface area contributed by atoms with Gasteiger partial charge < -0.3 is 4.74 Å². The average molecular weight is 350 g/mol. The predicted molar refractivity (Wildman–Crippen MR) is 102 cm³/mol. The maximum atomic E-state index is 11.0. The first-order chi connectivity index (χ1) is 12.3. The summed E-state index contributed by atoms with van der Waals surface area (Å²) in [6.45, 7) is 7.61. The van der Waals surface area contributed by atoms with E-state index in [-0.39, 0.29) is 12.7 Å². The van der Waals surface area contributed by atoms with Crippen LogP contribution in [0.5, 0.6) is 0 Å². The Morgan fingerprint density at radius 3 is 2.28 bits per heavy atom. The highest BCUT2D eigenvalue weighted by Crippen LogP contribution is 2.13. The monoisotopic (exact) mass is 349 g/mol. The van der Waals surface area contributed by atoms with Crippen LogP contribution in [0, 0.1) is 0 Å². The fraction of sp³-hybridized carbons (Fsp3) is 0.667. The molecule has 1 aromatic rings. The highest BCUT2D eigenvalue weighted by atomic mass is 16.7. The van der Waals surface area contributed by atoms with Crippen LogP contribution in [0.2, 0.25) is 0 Å². The molecule has 1 fully saturated rings. The van der Waals surface area contributed by atoms with Gasteiger partial charge in [-0.1, -0.05) is 77.1 Å². The number of benzene rings is 1. The van der Waals surface area contributed by atoms with Crippen LogP contribution in [0.4, 0.5) is 0 Å². The van der Waals surface area contributed by atoms with Crippen LogP contribution in [0.3, 0.4) is 0 Å². The van der Waals surface area contributed by atoms with E-state index >= 15 is 0 Å². The summed E-state index contributed by atoms with van der Waals surface area (Å²) >= 11 is 0. The molecule has 142 valence electrons. The lowest BCUT2D eigenvalue weighted by atomic mass is 10.0. The van der Waals surface area contributed by atoms with E-state index in [1.165, 1.54) is 44.1 Å². The maximum Gasteiger partial charge on any atom is 0.308 e. The summed E-state index contributed by atoms with van der Waals surface area (Å²) in [5, 5.41) is 1.70. The van der Waals surface area contributed by atoms with Gasteiger partial charge in [0, 0.05) is 6.54 Å². The number of nitrogens with zero attached hydrogens (tertiary/aromatic N) is 1. The molecule has 0 spiro atoms. The third-order valence-corrected chi connectivity index (χ3v) is 4.19. The van der Waals surface area contributed by atoms with E-state index in [2.05, 4.69) is 31.2 Å². The molecule has 1 aliphatic rings. The van der Waals surface area contributed by atoms with Crippen LogP contribution < -0.4 is 0 Å². The molecule has 1 aliphatic heterocycles. The van der Waals surface area contributed by atoms with Gasteiger partial charge in [0.25, 0.3) is 0 Å². The number of hydrogen-bond acceptors (Lipinski definition) is 4. The van der Waals surface area contributed by atoms with Gasteiger partial charge in [0.1, 0.15) is 0 Å². The van der Waals surface area contributed by atoms with Crippen molar-refractivity contribution in [3.05, 3.63) is 35.4 Å². The van der Waals surface area contributed by atoms with Gasteiger partial charge in [-0.3, -0.25) is 9.63 Å². The summed E-state index contributed by atoms with van der Waals surface area (Å²) in [6, 6.07) is 8.65. The van der Waals surface area contributed by atoms with E-state index in [9.17, 15) is 4.79 Å². The normalized spacial score (nSPS) is 14.6. The van der Waals surface area contributed by atoms with Gasteiger partial charge >= 0.3 is 5.97 Å². The molecule has 0 bridgehead atoms. The second-order valence-corrected chi connectivity index (χ2v) is 6.21. The maximum absolute atomic E-state index is 11.0. The first kappa shape index (κ1) is 21.7. The fourth-order valence-corrected chi connectivity index (χ4v) is 2.68. The largest absolute Gasteiger partial charge is 0.447 e. The lowest BCUT2D eigenvalue weighted by Crippen LogP contribution is -2.35. The van der Waals surface area contributed by atoms with Gasteiger partial charge in [-0.05, 0) is 24.0 Å². The third-order valence-electron chi connectivity index (χ3n) is 4.19. The van der Waals surface area contributed by atoms with Crippen LogP contribution in [-0.4, -0.2) is 24.3 Å². The van der Waals surface area contributed by atoms with Crippen molar-refractivity contribution >= 4 is 5.97 Å². The molecule has 0 amide bonds. The number of carbonyl (C=O) groups is 1. The minimum absolute atomic E-state index is 0.149. The van der Waals surface area contributed by atoms with E-state index in [4.69, 9.17) is 9.57 Å². The van der Waals surface area contributed by atoms with Gasteiger partial charge in [0.2, 0.25) is 0 Å². The van der Waals surface area contributed by atoms with Crippen LogP contribution in [0.15, 0.2) is 24.3 Å². The molecule has 0 radical (unpaired) electrons. The summed E-state index contributed by atoms with van der Waals surface area (Å²) < 4.78 is 4.94. The molecule has 1 saturated heterocycles. The Morgan fingerprint density at radius 2 is 1.64 bits per heavy atom. The molecular formula is C21H35NO3. The van der Waals surface area contributed by atoms with Crippen molar-refractivity contribution in [3.8, 4) is 0 Å². The van der Waals surface area contributed by atoms with Crippen LogP contribution >= 0.6 is 0 Å². The number of unbranched alkanes of at least 4 members (excludes halogenated alkanes) is 5. The van der Waals surface area contributed by atoms with E-state index in [0.29, 0.717) is 19.6 Å². The van der Waals surface area contributed by atoms with Crippen molar-refractivity contribution in [3.63, 3.8) is 0 Å². The van der Waals surface area contributed by atoms with Gasteiger partial charge in [-0.25, -0.2) is 0 Å². The topological polar surface area (TPSA) is 38.8 Å². The molecule has 25 heavy (non-hydrogen) atoms. The molecular weight excluding hydrogens is 314 g/mol. The predicted octanol–water partition coefficient (Wildman–Crippen LogP) is 5.25. The number of rotatable bonds is 10. The molecule has 4 heteroatoms. The Morgan fingerprint density at radius 1 is 1.00 bits per heavy atom. The second kappa shape index (κ2) is 13.9. The molecule has 1 heterocycles. The molecule has 2 rings (SSSR count). The minimum atomic E-state index is -0.149. The third kappa shape index (κ3) is 9.61. The molecule has 4 nitrogen and oxygen atoms in total. The quantitative estimate of drug-likeness (QED) is 0.427. The molecule has 0 atom stereocenters. The molecule has 0 saturated carbocycles. The van der Waals surface area contributed by atoms with Gasteiger partial charge in [-0.2, -0.15) is 5.06 Å². The highest BCUT2D eigenvalue weighted by Gasteiger charge is 2.17. The van der Waals surface area contributed by atoms with Gasteiger partial charge in [0.05, 0.1) is 13.0 Å². The van der Waals surface area contributed by atoms with Crippen LogP contribution in [0.1, 0.15) is 76.8 Å². The molecule has 0 aliphatic carbocycles. The van der Waals surface area contributed by atoms with Crippen molar-refractivity contribution in [2.24, 2.45) is 0 Å².